The van der Waals surface area contributed by atoms with Crippen LogP contribution in [-0.2, 0) is 11.3 Å². The molecule has 0 saturated carbocycles. The predicted octanol–water partition coefficient (Wildman–Crippen LogP) is 5.12. The average molecular weight is 409 g/mol. The average Bonchev–Trinajstić information content (AvgIpc) is 2.75. The van der Waals surface area contributed by atoms with E-state index < -0.39 is 0 Å². The minimum atomic E-state index is 0.0494. The van der Waals surface area contributed by atoms with Crippen molar-refractivity contribution >= 4 is 5.91 Å². The van der Waals surface area contributed by atoms with Gasteiger partial charge in [-0.25, -0.2) is 0 Å². The van der Waals surface area contributed by atoms with Gasteiger partial charge in [0, 0.05) is 12.5 Å². The second-order valence-electron chi connectivity index (χ2n) is 8.94. The van der Waals surface area contributed by atoms with Crippen LogP contribution in [0.5, 0.6) is 5.75 Å². The van der Waals surface area contributed by atoms with Gasteiger partial charge in [-0.1, -0.05) is 50.2 Å². The van der Waals surface area contributed by atoms with Crippen molar-refractivity contribution in [3.05, 3.63) is 65.2 Å². The van der Waals surface area contributed by atoms with Crippen molar-refractivity contribution in [1.82, 2.24) is 10.2 Å². The number of aryl methyl sites for hydroxylation is 1. The van der Waals surface area contributed by atoms with Gasteiger partial charge >= 0.3 is 0 Å². The van der Waals surface area contributed by atoms with Gasteiger partial charge in [-0.15, -0.1) is 0 Å². The molecule has 30 heavy (non-hydrogen) atoms. The lowest BCUT2D eigenvalue weighted by atomic mass is 9.92. The Hall–Kier alpha value is -2.33. The number of rotatable bonds is 8. The van der Waals surface area contributed by atoms with E-state index in [-0.39, 0.29) is 17.9 Å². The molecule has 1 saturated heterocycles. The van der Waals surface area contributed by atoms with Crippen LogP contribution in [0, 0.1) is 18.8 Å². The number of nitrogens with one attached hydrogen (secondary N) is 1. The van der Waals surface area contributed by atoms with E-state index in [1.807, 2.05) is 12.1 Å². The lowest BCUT2D eigenvalue weighted by molar-refractivity contribution is -0.127. The third-order valence-electron chi connectivity index (χ3n) is 6.16. The van der Waals surface area contributed by atoms with Crippen molar-refractivity contribution in [2.45, 2.75) is 52.6 Å². The van der Waals surface area contributed by atoms with E-state index in [0.29, 0.717) is 5.92 Å². The van der Waals surface area contributed by atoms with Crippen LogP contribution in [0.1, 0.15) is 55.8 Å². The van der Waals surface area contributed by atoms with Gasteiger partial charge in [0.05, 0.1) is 13.2 Å². The molecule has 1 atom stereocenters. The molecule has 1 amide bonds. The van der Waals surface area contributed by atoms with Crippen LogP contribution in [0.15, 0.2) is 48.5 Å². The van der Waals surface area contributed by atoms with Gasteiger partial charge in [-0.05, 0) is 74.0 Å². The van der Waals surface area contributed by atoms with Crippen LogP contribution >= 0.6 is 0 Å². The molecule has 0 radical (unpaired) electrons. The minimum absolute atomic E-state index is 0.0494. The number of hydrogen-bond donors (Lipinski definition) is 1. The molecule has 162 valence electrons. The largest absolute Gasteiger partial charge is 0.497 e. The Bertz CT molecular complexity index is 808. The quantitative estimate of drug-likeness (QED) is 0.659. The molecule has 0 unspecified atom stereocenters. The van der Waals surface area contributed by atoms with Crippen molar-refractivity contribution in [2.24, 2.45) is 11.8 Å². The summed E-state index contributed by atoms with van der Waals surface area (Å²) in [6.45, 7) is 9.50. The van der Waals surface area contributed by atoms with E-state index in [4.69, 9.17) is 4.74 Å². The van der Waals surface area contributed by atoms with Crippen LogP contribution in [0.25, 0.3) is 0 Å². The molecule has 1 aliphatic heterocycles. The maximum Gasteiger partial charge on any atom is 0.223 e. The summed E-state index contributed by atoms with van der Waals surface area (Å²) in [5, 5.41) is 3.35. The first-order valence-electron chi connectivity index (χ1n) is 11.2. The normalized spacial score (nSPS) is 16.4. The predicted molar refractivity (Wildman–Crippen MR) is 123 cm³/mol. The standard InChI is InChI=1S/C26H36N2O2/c1-19(2)17-25(21-9-11-24(30-4)12-10-21)27-26(29)22-13-15-28(16-14-22)18-23-8-6-5-7-20(23)3/h5-12,19,22,25H,13-18H2,1-4H3,(H,27,29)/t25-/m0/s1. The second kappa shape index (κ2) is 10.6. The van der Waals surface area contributed by atoms with Crippen LogP contribution in [0.2, 0.25) is 0 Å². The van der Waals surface area contributed by atoms with Gasteiger partial charge in [0.15, 0.2) is 0 Å². The first-order valence-corrected chi connectivity index (χ1v) is 11.2. The molecule has 3 rings (SSSR count). The number of ether oxygens (including phenoxy) is 1. The summed E-state index contributed by atoms with van der Waals surface area (Å²) >= 11 is 0. The molecule has 0 bridgehead atoms. The Morgan fingerprint density at radius 1 is 1.10 bits per heavy atom. The molecule has 1 fully saturated rings. The molecule has 0 spiro atoms. The molecule has 1 heterocycles. The molecule has 4 nitrogen and oxygen atoms in total. The topological polar surface area (TPSA) is 41.6 Å². The zero-order valence-corrected chi connectivity index (χ0v) is 18.9. The lowest BCUT2D eigenvalue weighted by Gasteiger charge is -2.32. The van der Waals surface area contributed by atoms with Crippen molar-refractivity contribution in [2.75, 3.05) is 20.2 Å². The van der Waals surface area contributed by atoms with E-state index >= 15 is 0 Å². The second-order valence-corrected chi connectivity index (χ2v) is 8.94. The summed E-state index contributed by atoms with van der Waals surface area (Å²) in [5.41, 5.74) is 3.88. The first-order chi connectivity index (χ1) is 14.5. The van der Waals surface area contributed by atoms with E-state index in [0.717, 1.165) is 50.2 Å². The number of benzene rings is 2. The van der Waals surface area contributed by atoms with E-state index in [1.165, 1.54) is 11.1 Å². The number of carbonyl (C=O) groups is 1. The molecule has 0 aliphatic carbocycles. The monoisotopic (exact) mass is 408 g/mol. The van der Waals surface area contributed by atoms with Crippen molar-refractivity contribution in [1.29, 1.82) is 0 Å². The van der Waals surface area contributed by atoms with Crippen molar-refractivity contribution in [3.8, 4) is 5.75 Å². The van der Waals surface area contributed by atoms with Gasteiger partial charge in [-0.3, -0.25) is 9.69 Å². The highest BCUT2D eigenvalue weighted by Gasteiger charge is 2.27. The molecule has 4 heteroatoms. The number of methoxy groups -OCH3 is 1. The summed E-state index contributed by atoms with van der Waals surface area (Å²) < 4.78 is 5.27. The number of nitrogens with zero attached hydrogens (tertiary/aromatic N) is 1. The van der Waals surface area contributed by atoms with Gasteiger partial charge in [-0.2, -0.15) is 0 Å². The highest BCUT2D eigenvalue weighted by molar-refractivity contribution is 5.79. The highest BCUT2D eigenvalue weighted by atomic mass is 16.5. The van der Waals surface area contributed by atoms with Gasteiger partial charge in [0.2, 0.25) is 5.91 Å². The van der Waals surface area contributed by atoms with Crippen molar-refractivity contribution in [3.63, 3.8) is 0 Å². The molecular weight excluding hydrogens is 372 g/mol. The number of amides is 1. The zero-order valence-electron chi connectivity index (χ0n) is 18.9. The van der Waals surface area contributed by atoms with Gasteiger partial charge < -0.3 is 10.1 Å². The molecule has 1 aliphatic rings. The summed E-state index contributed by atoms with van der Waals surface area (Å²) in [4.78, 5) is 15.5. The fourth-order valence-corrected chi connectivity index (χ4v) is 4.26. The third kappa shape index (κ3) is 6.09. The minimum Gasteiger partial charge on any atom is -0.497 e. The first kappa shape index (κ1) is 22.4. The number of hydrogen-bond acceptors (Lipinski definition) is 3. The van der Waals surface area contributed by atoms with Crippen LogP contribution in [-0.4, -0.2) is 31.0 Å². The third-order valence-corrected chi connectivity index (χ3v) is 6.16. The van der Waals surface area contributed by atoms with Gasteiger partial charge in [0.25, 0.3) is 0 Å². The molecule has 2 aromatic rings. The maximum absolute atomic E-state index is 13.1. The van der Waals surface area contributed by atoms with Crippen LogP contribution in [0.4, 0.5) is 0 Å². The fraction of sp³-hybridized carbons (Fsp3) is 0.500. The molecule has 1 N–H and O–H groups in total. The smallest absolute Gasteiger partial charge is 0.223 e. The van der Waals surface area contributed by atoms with E-state index in [9.17, 15) is 4.79 Å². The lowest BCUT2D eigenvalue weighted by Crippen LogP contribution is -2.41. The fourth-order valence-electron chi connectivity index (χ4n) is 4.26. The molecule has 0 aromatic heterocycles. The Morgan fingerprint density at radius 3 is 2.37 bits per heavy atom. The SMILES string of the molecule is COc1ccc([C@H](CC(C)C)NC(=O)C2CCN(Cc3ccccc3C)CC2)cc1. The summed E-state index contributed by atoms with van der Waals surface area (Å²) in [6.07, 6.45) is 2.79. The summed E-state index contributed by atoms with van der Waals surface area (Å²) in [6, 6.07) is 16.7. The van der Waals surface area contributed by atoms with Crippen molar-refractivity contribution < 1.29 is 9.53 Å². The van der Waals surface area contributed by atoms with E-state index in [2.05, 4.69) is 67.4 Å². The van der Waals surface area contributed by atoms with Crippen LogP contribution in [0.3, 0.4) is 0 Å². The number of carbonyl (C=O) groups excluding carboxylic acids is 1. The Balaban J connectivity index is 1.56. The maximum atomic E-state index is 13.1. The van der Waals surface area contributed by atoms with E-state index in [1.54, 1.807) is 7.11 Å². The molecule has 2 aromatic carbocycles. The Labute approximate surface area is 181 Å². The summed E-state index contributed by atoms with van der Waals surface area (Å²) in [7, 11) is 1.67. The summed E-state index contributed by atoms with van der Waals surface area (Å²) in [5.74, 6) is 1.65. The molecular formula is C26H36N2O2. The highest BCUT2D eigenvalue weighted by Crippen LogP contribution is 2.26. The Kier molecular flexibility index (Phi) is 7.92. The van der Waals surface area contributed by atoms with Crippen LogP contribution < -0.4 is 10.1 Å². The van der Waals surface area contributed by atoms with Gasteiger partial charge in [0.1, 0.15) is 5.75 Å². The Morgan fingerprint density at radius 2 is 1.77 bits per heavy atom. The zero-order chi connectivity index (χ0) is 21.5. The number of likely N-dealkylation sites (tertiary alicyclic amines) is 1. The number of piperidine rings is 1.